The van der Waals surface area contributed by atoms with Crippen molar-refractivity contribution in [1.29, 1.82) is 0 Å². The maximum Gasteiger partial charge on any atom is 0.229 e. The third-order valence-electron chi connectivity index (χ3n) is 2.35. The van der Waals surface area contributed by atoms with Crippen LogP contribution in [-0.2, 0) is 9.59 Å². The van der Waals surface area contributed by atoms with Gasteiger partial charge in [-0.25, -0.2) is 0 Å². The molecule has 1 unspecified atom stereocenters. The fourth-order valence-electron chi connectivity index (χ4n) is 1.62. The summed E-state index contributed by atoms with van der Waals surface area (Å²) in [6, 6.07) is 0. The van der Waals surface area contributed by atoms with Crippen LogP contribution in [0.25, 0.3) is 0 Å². The molecule has 0 aliphatic carbocycles. The third-order valence-corrected chi connectivity index (χ3v) is 4.43. The van der Waals surface area contributed by atoms with E-state index in [1.54, 1.807) is 4.90 Å². The van der Waals surface area contributed by atoms with Crippen LogP contribution in [0, 0.1) is 5.92 Å². The number of anilines is 1. The SMILES string of the molecule is CC(=O)SCC1CC(=O)N(c2nnc(Cl)s2)C1. The molecule has 92 valence electrons. The standard InChI is InChI=1S/C9H10ClN3O2S2/c1-5(14)16-4-6-2-7(15)13(3-6)9-12-11-8(10)17-9/h6H,2-4H2,1H3. The van der Waals surface area contributed by atoms with Crippen molar-refractivity contribution in [3.8, 4) is 0 Å². The van der Waals surface area contributed by atoms with Crippen molar-refractivity contribution in [3.63, 3.8) is 0 Å². The number of hydrogen-bond donors (Lipinski definition) is 0. The molecule has 17 heavy (non-hydrogen) atoms. The van der Waals surface area contributed by atoms with E-state index < -0.39 is 0 Å². The van der Waals surface area contributed by atoms with E-state index >= 15 is 0 Å². The minimum Gasteiger partial charge on any atom is -0.288 e. The van der Waals surface area contributed by atoms with Crippen LogP contribution in [0.4, 0.5) is 5.13 Å². The molecule has 5 nitrogen and oxygen atoms in total. The van der Waals surface area contributed by atoms with Crippen LogP contribution in [0.15, 0.2) is 0 Å². The Balaban J connectivity index is 1.98. The summed E-state index contributed by atoms with van der Waals surface area (Å²) < 4.78 is 0.328. The first-order chi connectivity index (χ1) is 8.06. The zero-order valence-electron chi connectivity index (χ0n) is 9.05. The second kappa shape index (κ2) is 5.32. The molecule has 1 saturated heterocycles. The average molecular weight is 292 g/mol. The average Bonchev–Trinajstić information content (AvgIpc) is 2.82. The highest BCUT2D eigenvalue weighted by Gasteiger charge is 2.32. The van der Waals surface area contributed by atoms with Gasteiger partial charge in [-0.15, -0.1) is 10.2 Å². The van der Waals surface area contributed by atoms with Crippen molar-refractivity contribution < 1.29 is 9.59 Å². The first-order valence-corrected chi connectivity index (χ1v) is 7.17. The molecule has 0 radical (unpaired) electrons. The summed E-state index contributed by atoms with van der Waals surface area (Å²) in [6.45, 7) is 2.12. The van der Waals surface area contributed by atoms with Gasteiger partial charge in [0.25, 0.3) is 0 Å². The van der Waals surface area contributed by atoms with Crippen molar-refractivity contribution >= 4 is 50.9 Å². The Kier molecular flexibility index (Phi) is 4.01. The van der Waals surface area contributed by atoms with Crippen molar-refractivity contribution in [3.05, 3.63) is 4.47 Å². The Morgan fingerprint density at radius 3 is 3.00 bits per heavy atom. The van der Waals surface area contributed by atoms with Crippen molar-refractivity contribution in [2.24, 2.45) is 5.92 Å². The Bertz CT molecular complexity index is 451. The van der Waals surface area contributed by atoms with Gasteiger partial charge in [0.15, 0.2) is 5.12 Å². The van der Waals surface area contributed by atoms with Crippen LogP contribution in [0.2, 0.25) is 4.47 Å². The number of halogens is 1. The normalized spacial score (nSPS) is 20.0. The smallest absolute Gasteiger partial charge is 0.229 e. The number of thioether (sulfide) groups is 1. The molecule has 1 aliphatic rings. The summed E-state index contributed by atoms with van der Waals surface area (Å²) in [5, 5.41) is 8.14. The fraction of sp³-hybridized carbons (Fsp3) is 0.556. The minimum atomic E-state index is 0.0203. The zero-order chi connectivity index (χ0) is 12.4. The highest BCUT2D eigenvalue weighted by molar-refractivity contribution is 8.13. The van der Waals surface area contributed by atoms with E-state index in [4.69, 9.17) is 11.6 Å². The van der Waals surface area contributed by atoms with Gasteiger partial charge in [-0.1, -0.05) is 23.1 Å². The van der Waals surface area contributed by atoms with E-state index in [-0.39, 0.29) is 16.9 Å². The van der Waals surface area contributed by atoms with Gasteiger partial charge in [-0.3, -0.25) is 14.5 Å². The molecule has 1 aromatic rings. The first kappa shape index (κ1) is 12.8. The van der Waals surface area contributed by atoms with E-state index in [2.05, 4.69) is 10.2 Å². The summed E-state index contributed by atoms with van der Waals surface area (Å²) in [4.78, 5) is 24.2. The number of aromatic nitrogens is 2. The summed E-state index contributed by atoms with van der Waals surface area (Å²) in [6.07, 6.45) is 0.456. The molecule has 2 heterocycles. The van der Waals surface area contributed by atoms with Crippen LogP contribution in [0.3, 0.4) is 0 Å². The van der Waals surface area contributed by atoms with E-state index in [0.29, 0.717) is 28.3 Å². The molecular formula is C9H10ClN3O2S2. The number of hydrogen-bond acceptors (Lipinski definition) is 6. The van der Waals surface area contributed by atoms with Crippen LogP contribution in [0.1, 0.15) is 13.3 Å². The molecule has 1 atom stereocenters. The summed E-state index contributed by atoms with van der Waals surface area (Å²) >= 11 is 8.13. The maximum absolute atomic E-state index is 11.8. The van der Waals surface area contributed by atoms with Crippen molar-refractivity contribution in [1.82, 2.24) is 10.2 Å². The third kappa shape index (κ3) is 3.17. The summed E-state index contributed by atoms with van der Waals surface area (Å²) in [7, 11) is 0. The summed E-state index contributed by atoms with van der Waals surface area (Å²) in [5.74, 6) is 0.885. The fourth-order valence-corrected chi connectivity index (χ4v) is 3.16. The molecule has 0 bridgehead atoms. The summed E-state index contributed by atoms with van der Waals surface area (Å²) in [5.41, 5.74) is 0. The Hall–Kier alpha value is -0.660. The second-order valence-corrected chi connectivity index (χ2v) is 6.45. The van der Waals surface area contributed by atoms with Crippen molar-refractivity contribution in [2.45, 2.75) is 13.3 Å². The van der Waals surface area contributed by atoms with Gasteiger partial charge >= 0.3 is 0 Å². The van der Waals surface area contributed by atoms with Crippen LogP contribution < -0.4 is 4.90 Å². The lowest BCUT2D eigenvalue weighted by molar-refractivity contribution is -0.117. The van der Waals surface area contributed by atoms with Crippen molar-refractivity contribution in [2.75, 3.05) is 17.2 Å². The molecule has 0 aromatic carbocycles. The van der Waals surface area contributed by atoms with Gasteiger partial charge in [-0.2, -0.15) is 0 Å². The molecule has 1 aliphatic heterocycles. The number of nitrogens with zero attached hydrogens (tertiary/aromatic N) is 3. The topological polar surface area (TPSA) is 63.2 Å². The van der Waals surface area contributed by atoms with Gasteiger partial charge in [0.1, 0.15) is 0 Å². The van der Waals surface area contributed by atoms with Crippen LogP contribution in [-0.4, -0.2) is 33.5 Å². The van der Waals surface area contributed by atoms with Gasteiger partial charge in [0, 0.05) is 25.6 Å². The lowest BCUT2D eigenvalue weighted by Crippen LogP contribution is -2.24. The molecule has 2 rings (SSSR count). The van der Waals surface area contributed by atoms with Crippen LogP contribution in [0.5, 0.6) is 0 Å². The van der Waals surface area contributed by atoms with Crippen LogP contribution >= 0.6 is 34.7 Å². The number of carbonyl (C=O) groups is 2. The number of amides is 1. The largest absolute Gasteiger partial charge is 0.288 e. The Labute approximate surface area is 112 Å². The van der Waals surface area contributed by atoms with Gasteiger partial charge < -0.3 is 0 Å². The predicted molar refractivity (Wildman–Crippen MR) is 68.5 cm³/mol. The Morgan fingerprint density at radius 1 is 1.65 bits per heavy atom. The molecule has 0 spiro atoms. The number of rotatable bonds is 3. The molecule has 1 fully saturated rings. The second-order valence-electron chi connectivity index (χ2n) is 3.71. The zero-order valence-corrected chi connectivity index (χ0v) is 11.4. The van der Waals surface area contributed by atoms with E-state index in [1.165, 1.54) is 30.0 Å². The van der Waals surface area contributed by atoms with E-state index in [9.17, 15) is 9.59 Å². The minimum absolute atomic E-state index is 0.0203. The quantitative estimate of drug-likeness (QED) is 0.850. The molecule has 0 saturated carbocycles. The number of carbonyl (C=O) groups excluding carboxylic acids is 2. The van der Waals surface area contributed by atoms with E-state index in [0.717, 1.165) is 0 Å². The van der Waals surface area contributed by atoms with E-state index in [1.807, 2.05) is 0 Å². The Morgan fingerprint density at radius 2 is 2.41 bits per heavy atom. The molecule has 1 aromatic heterocycles. The maximum atomic E-state index is 11.8. The highest BCUT2D eigenvalue weighted by atomic mass is 35.5. The molecule has 0 N–H and O–H groups in total. The predicted octanol–water partition coefficient (Wildman–Crippen LogP) is 1.82. The highest BCUT2D eigenvalue weighted by Crippen LogP contribution is 2.30. The van der Waals surface area contributed by atoms with Gasteiger partial charge in [0.05, 0.1) is 0 Å². The van der Waals surface area contributed by atoms with Gasteiger partial charge in [-0.05, 0) is 17.5 Å². The lowest BCUT2D eigenvalue weighted by Gasteiger charge is -2.11. The monoisotopic (exact) mass is 291 g/mol. The lowest BCUT2D eigenvalue weighted by atomic mass is 10.1. The molecule has 8 heteroatoms. The van der Waals surface area contributed by atoms with Gasteiger partial charge in [0.2, 0.25) is 15.5 Å². The molecule has 1 amide bonds. The first-order valence-electron chi connectivity index (χ1n) is 4.99. The molecular weight excluding hydrogens is 282 g/mol.